The van der Waals surface area contributed by atoms with Crippen LogP contribution in [0.5, 0.6) is 5.75 Å². The summed E-state index contributed by atoms with van der Waals surface area (Å²) < 4.78 is 0. The summed E-state index contributed by atoms with van der Waals surface area (Å²) in [4.78, 5) is 74.7. The molecule has 3 aliphatic rings. The third-order valence-corrected chi connectivity index (χ3v) is 7.64. The van der Waals surface area contributed by atoms with E-state index in [9.17, 15) is 49.4 Å². The second-order valence-corrected chi connectivity index (χ2v) is 9.15. The molecule has 180 valence electrons. The standard InChI is InChI=1S/C20H18ClN3O10/c1-3-6-9(16(28)12(22)11(21)13(6)24(33)34)15(27)10-7(3)14(26)4-2-5(25)8(19(23)31)17(29)20(4,32)18(10)30/h3-4,7-8,10,14,26,28,32H,2,22H2,1H3,(H2,23,31)/t3-,4+,7+,8?,10?,14-,20+/m0/s1. The summed E-state index contributed by atoms with van der Waals surface area (Å²) >= 11 is 5.96. The van der Waals surface area contributed by atoms with Gasteiger partial charge in [0.05, 0.1) is 22.5 Å². The Hall–Kier alpha value is -3.42. The van der Waals surface area contributed by atoms with Crippen molar-refractivity contribution in [3.8, 4) is 5.75 Å². The van der Waals surface area contributed by atoms with Gasteiger partial charge < -0.3 is 26.8 Å². The summed E-state index contributed by atoms with van der Waals surface area (Å²) in [6, 6.07) is 0. The number of carbonyl (C=O) groups excluding carboxylic acids is 5. The number of anilines is 1. The Balaban J connectivity index is 1.98. The molecule has 13 nitrogen and oxygen atoms in total. The number of amides is 1. The number of fused-ring (bicyclic) bond motifs is 3. The van der Waals surface area contributed by atoms with Gasteiger partial charge in [-0.15, -0.1) is 0 Å². The van der Waals surface area contributed by atoms with Gasteiger partial charge >= 0.3 is 0 Å². The number of primary amides is 1. The Kier molecular flexibility index (Phi) is 5.09. The fourth-order valence-corrected chi connectivity index (χ4v) is 5.96. The van der Waals surface area contributed by atoms with Crippen molar-refractivity contribution in [2.45, 2.75) is 31.0 Å². The van der Waals surface area contributed by atoms with Gasteiger partial charge in [0.15, 0.2) is 40.4 Å². The van der Waals surface area contributed by atoms with Crippen LogP contribution in [0.25, 0.3) is 0 Å². The molecule has 7 N–H and O–H groups in total. The highest BCUT2D eigenvalue weighted by Gasteiger charge is 2.70. The van der Waals surface area contributed by atoms with Gasteiger partial charge in [-0.2, -0.15) is 0 Å². The fourth-order valence-electron chi connectivity index (χ4n) is 5.70. The van der Waals surface area contributed by atoms with Crippen LogP contribution < -0.4 is 11.5 Å². The number of aromatic hydroxyl groups is 1. The van der Waals surface area contributed by atoms with E-state index in [1.54, 1.807) is 0 Å². The number of nitrogen functional groups attached to an aromatic ring is 1. The van der Waals surface area contributed by atoms with Gasteiger partial charge in [-0.1, -0.05) is 18.5 Å². The number of aliphatic hydroxyl groups excluding tert-OH is 1. The zero-order chi connectivity index (χ0) is 25.6. The lowest BCUT2D eigenvalue weighted by Gasteiger charge is -2.52. The maximum atomic E-state index is 13.5. The van der Waals surface area contributed by atoms with Crippen LogP contribution >= 0.6 is 11.6 Å². The normalized spacial score (nSPS) is 34.8. The number of hydrogen-bond acceptors (Lipinski definition) is 11. The Labute approximate surface area is 194 Å². The lowest BCUT2D eigenvalue weighted by Crippen LogP contribution is -2.72. The number of halogens is 1. The van der Waals surface area contributed by atoms with Gasteiger partial charge in [0.25, 0.3) is 5.69 Å². The van der Waals surface area contributed by atoms with Crippen LogP contribution in [0.3, 0.4) is 0 Å². The van der Waals surface area contributed by atoms with Crippen molar-refractivity contribution in [2.75, 3.05) is 5.73 Å². The van der Waals surface area contributed by atoms with Crippen LogP contribution in [-0.4, -0.2) is 61.0 Å². The first-order valence-electron chi connectivity index (χ1n) is 10.0. The fraction of sp³-hybridized carbons (Fsp3) is 0.450. The van der Waals surface area contributed by atoms with E-state index in [1.807, 2.05) is 0 Å². The number of Topliss-reactive ketones (excluding diaryl/α,β-unsaturated/α-hetero) is 4. The number of rotatable bonds is 2. The Bertz CT molecular complexity index is 1250. The molecule has 4 rings (SSSR count). The Morgan fingerprint density at radius 2 is 1.82 bits per heavy atom. The van der Waals surface area contributed by atoms with E-state index in [0.717, 1.165) is 0 Å². The van der Waals surface area contributed by atoms with Gasteiger partial charge in [-0.3, -0.25) is 34.1 Å². The largest absolute Gasteiger partial charge is 0.505 e. The van der Waals surface area contributed by atoms with Crippen LogP contribution in [0.4, 0.5) is 11.4 Å². The number of hydrogen-bond donors (Lipinski definition) is 5. The van der Waals surface area contributed by atoms with Gasteiger partial charge in [0.2, 0.25) is 5.91 Å². The van der Waals surface area contributed by atoms with Crippen LogP contribution in [0.2, 0.25) is 5.02 Å². The van der Waals surface area contributed by atoms with E-state index in [-0.39, 0.29) is 5.56 Å². The Morgan fingerprint density at radius 1 is 1.24 bits per heavy atom. The number of ketones is 4. The number of aliphatic hydroxyl groups is 2. The zero-order valence-corrected chi connectivity index (χ0v) is 18.1. The third-order valence-electron chi connectivity index (χ3n) is 7.26. The molecule has 0 saturated heterocycles. The highest BCUT2D eigenvalue weighted by molar-refractivity contribution is 6.37. The van der Waals surface area contributed by atoms with Crippen molar-refractivity contribution < 1.29 is 44.2 Å². The van der Waals surface area contributed by atoms with E-state index < -0.39 is 109 Å². The van der Waals surface area contributed by atoms with E-state index in [1.165, 1.54) is 6.92 Å². The molecule has 0 aliphatic heterocycles. The van der Waals surface area contributed by atoms with Gasteiger partial charge in [-0.25, -0.2) is 0 Å². The van der Waals surface area contributed by atoms with Crippen LogP contribution in [0.15, 0.2) is 0 Å². The summed E-state index contributed by atoms with van der Waals surface area (Å²) in [7, 11) is 0. The molecule has 0 spiro atoms. The van der Waals surface area contributed by atoms with Crippen molar-refractivity contribution in [1.29, 1.82) is 0 Å². The van der Waals surface area contributed by atoms with Crippen molar-refractivity contribution in [3.05, 3.63) is 26.3 Å². The first kappa shape index (κ1) is 23.7. The van der Waals surface area contributed by atoms with E-state index in [2.05, 4.69) is 0 Å². The molecular weight excluding hydrogens is 478 g/mol. The van der Waals surface area contributed by atoms with E-state index in [4.69, 9.17) is 23.1 Å². The van der Waals surface area contributed by atoms with Crippen molar-refractivity contribution >= 4 is 52.0 Å². The molecule has 7 atom stereocenters. The molecule has 14 heteroatoms. The summed E-state index contributed by atoms with van der Waals surface area (Å²) in [6.45, 7) is 1.32. The molecule has 0 heterocycles. The maximum absolute atomic E-state index is 13.5. The summed E-state index contributed by atoms with van der Waals surface area (Å²) in [5.74, 6) is -16.0. The third kappa shape index (κ3) is 2.65. The molecular formula is C20H18ClN3O10. The number of benzene rings is 1. The summed E-state index contributed by atoms with van der Waals surface area (Å²) in [6.07, 6.45) is -2.64. The minimum absolute atomic E-state index is 0.381. The van der Waals surface area contributed by atoms with Crippen LogP contribution in [0, 0.1) is 33.8 Å². The zero-order valence-electron chi connectivity index (χ0n) is 17.4. The highest BCUT2D eigenvalue weighted by atomic mass is 35.5. The molecule has 2 fully saturated rings. The van der Waals surface area contributed by atoms with Crippen LogP contribution in [0.1, 0.15) is 35.2 Å². The lowest BCUT2D eigenvalue weighted by molar-refractivity contribution is -0.385. The van der Waals surface area contributed by atoms with Crippen LogP contribution in [-0.2, 0) is 19.2 Å². The lowest BCUT2D eigenvalue weighted by atomic mass is 9.50. The number of carbonyl (C=O) groups is 5. The summed E-state index contributed by atoms with van der Waals surface area (Å²) in [5, 5.41) is 43.8. The minimum atomic E-state index is -3.10. The first-order valence-corrected chi connectivity index (χ1v) is 10.4. The number of nitrogens with zero attached hydrogens (tertiary/aromatic N) is 1. The second-order valence-electron chi connectivity index (χ2n) is 8.78. The van der Waals surface area contributed by atoms with Gasteiger partial charge in [-0.05, 0) is 5.92 Å². The van der Waals surface area contributed by atoms with Gasteiger partial charge in [0.1, 0.15) is 10.7 Å². The number of nitrogens with two attached hydrogens (primary N) is 2. The molecule has 0 radical (unpaired) electrons. The van der Waals surface area contributed by atoms with Crippen molar-refractivity contribution in [3.63, 3.8) is 0 Å². The topological polar surface area (TPSA) is 241 Å². The molecule has 0 bridgehead atoms. The molecule has 34 heavy (non-hydrogen) atoms. The molecule has 2 saturated carbocycles. The number of nitro benzene ring substituents is 1. The molecule has 1 amide bonds. The predicted octanol–water partition coefficient (Wildman–Crippen LogP) is -0.997. The Morgan fingerprint density at radius 3 is 2.35 bits per heavy atom. The summed E-state index contributed by atoms with van der Waals surface area (Å²) in [5.41, 5.74) is 5.05. The van der Waals surface area contributed by atoms with E-state index in [0.29, 0.717) is 0 Å². The highest BCUT2D eigenvalue weighted by Crippen LogP contribution is 2.57. The molecule has 1 aromatic rings. The van der Waals surface area contributed by atoms with Gasteiger partial charge in [0, 0.05) is 23.8 Å². The molecule has 0 aromatic heterocycles. The second kappa shape index (κ2) is 7.29. The minimum Gasteiger partial charge on any atom is -0.505 e. The number of nitro groups is 1. The quantitative estimate of drug-likeness (QED) is 0.109. The maximum Gasteiger partial charge on any atom is 0.294 e. The number of phenols is 1. The SMILES string of the molecule is C[C@H]1c2c(c(O)c(N)c(Cl)c2[N+](=O)[O-])C(=O)C2C(=O)[C@]3(O)C(=O)C(C(N)=O)C(=O)C[C@@H]3[C@H](O)[C@@H]21. The average molecular weight is 496 g/mol. The molecule has 3 aliphatic carbocycles. The monoisotopic (exact) mass is 495 g/mol. The number of phenolic OH excluding ortho intramolecular Hbond substituents is 1. The van der Waals surface area contributed by atoms with Crippen molar-refractivity contribution in [1.82, 2.24) is 0 Å². The smallest absolute Gasteiger partial charge is 0.294 e. The molecule has 1 aromatic carbocycles. The molecule has 2 unspecified atom stereocenters. The van der Waals surface area contributed by atoms with E-state index >= 15 is 0 Å². The first-order chi connectivity index (χ1) is 15.7. The van der Waals surface area contributed by atoms with Crippen molar-refractivity contribution in [2.24, 2.45) is 29.4 Å². The predicted molar refractivity (Wildman–Crippen MR) is 111 cm³/mol. The average Bonchev–Trinajstić information content (AvgIpc) is 2.74.